The van der Waals surface area contributed by atoms with E-state index in [0.29, 0.717) is 45.3 Å². The molecule has 2 N–H and O–H groups in total. The molecule has 0 bridgehead atoms. The highest BCUT2D eigenvalue weighted by Gasteiger charge is 2.13. The molecule has 2 amide bonds. The van der Waals surface area contributed by atoms with Crippen LogP contribution in [0.2, 0.25) is 10.0 Å². The van der Waals surface area contributed by atoms with Crippen LogP contribution in [0.1, 0.15) is 24.7 Å². The van der Waals surface area contributed by atoms with Crippen LogP contribution in [0.15, 0.2) is 71.5 Å². The minimum Gasteiger partial charge on any atom is -0.308 e. The lowest BCUT2D eigenvalue weighted by Gasteiger charge is -2.14. The van der Waals surface area contributed by atoms with Crippen molar-refractivity contribution in [3.8, 4) is 0 Å². The first-order chi connectivity index (χ1) is 15.9. The number of fused-ring (bicyclic) bond motifs is 1. The van der Waals surface area contributed by atoms with Crippen LogP contribution in [0.4, 0.5) is 16.2 Å². The van der Waals surface area contributed by atoms with Crippen LogP contribution in [0.3, 0.4) is 0 Å². The van der Waals surface area contributed by atoms with Crippen molar-refractivity contribution in [2.24, 2.45) is 0 Å². The fraction of sp³-hybridized carbons (Fsp3) is 0.160. The van der Waals surface area contributed by atoms with E-state index in [-0.39, 0.29) is 5.56 Å². The third-order valence-corrected chi connectivity index (χ3v) is 5.58. The minimum absolute atomic E-state index is 0.162. The van der Waals surface area contributed by atoms with Gasteiger partial charge >= 0.3 is 6.03 Å². The maximum atomic E-state index is 13.4. The Morgan fingerprint density at radius 1 is 0.939 bits per heavy atom. The van der Waals surface area contributed by atoms with Gasteiger partial charge in [0.2, 0.25) is 0 Å². The van der Waals surface area contributed by atoms with Crippen molar-refractivity contribution < 1.29 is 4.79 Å². The SMILES string of the molecule is CCCc1nc2ccc(NC(=O)Nc3ccc(Cl)cc3)cc2c(=O)n1Cc1cccc(Cl)c1. The molecule has 168 valence electrons. The number of hydrogen-bond donors (Lipinski definition) is 2. The second kappa shape index (κ2) is 10.1. The zero-order chi connectivity index (χ0) is 23.4. The smallest absolute Gasteiger partial charge is 0.308 e. The molecule has 33 heavy (non-hydrogen) atoms. The summed E-state index contributed by atoms with van der Waals surface area (Å²) in [6.07, 6.45) is 1.53. The molecule has 0 aliphatic heterocycles. The van der Waals surface area contributed by atoms with E-state index in [1.165, 1.54) is 0 Å². The number of aryl methyl sites for hydroxylation is 1. The van der Waals surface area contributed by atoms with E-state index < -0.39 is 6.03 Å². The lowest BCUT2D eigenvalue weighted by Crippen LogP contribution is -2.26. The lowest BCUT2D eigenvalue weighted by molar-refractivity contribution is 0.262. The summed E-state index contributed by atoms with van der Waals surface area (Å²) >= 11 is 12.0. The molecule has 4 aromatic rings. The Morgan fingerprint density at radius 3 is 2.39 bits per heavy atom. The number of nitrogens with zero attached hydrogens (tertiary/aromatic N) is 2. The number of amides is 2. The Labute approximate surface area is 201 Å². The highest BCUT2D eigenvalue weighted by Crippen LogP contribution is 2.19. The molecule has 4 rings (SSSR count). The van der Waals surface area contributed by atoms with E-state index in [1.54, 1.807) is 53.1 Å². The van der Waals surface area contributed by atoms with E-state index in [2.05, 4.69) is 10.6 Å². The second-order valence-electron chi connectivity index (χ2n) is 7.62. The van der Waals surface area contributed by atoms with Crippen molar-refractivity contribution >= 4 is 51.5 Å². The first-order valence-corrected chi connectivity index (χ1v) is 11.3. The van der Waals surface area contributed by atoms with Crippen LogP contribution >= 0.6 is 23.2 Å². The highest BCUT2D eigenvalue weighted by molar-refractivity contribution is 6.30. The number of carbonyl (C=O) groups excluding carboxylic acids is 1. The second-order valence-corrected chi connectivity index (χ2v) is 8.49. The van der Waals surface area contributed by atoms with Crippen LogP contribution in [0.5, 0.6) is 0 Å². The Hall–Kier alpha value is -3.35. The summed E-state index contributed by atoms with van der Waals surface area (Å²) < 4.78 is 1.68. The summed E-state index contributed by atoms with van der Waals surface area (Å²) in [7, 11) is 0. The molecule has 0 spiro atoms. The number of anilines is 2. The van der Waals surface area contributed by atoms with E-state index in [9.17, 15) is 9.59 Å². The van der Waals surface area contributed by atoms with Crippen LogP contribution in [-0.4, -0.2) is 15.6 Å². The van der Waals surface area contributed by atoms with Crippen LogP contribution < -0.4 is 16.2 Å². The Bertz CT molecular complexity index is 1370. The summed E-state index contributed by atoms with van der Waals surface area (Å²) in [5.74, 6) is 0.719. The molecule has 0 fully saturated rings. The zero-order valence-corrected chi connectivity index (χ0v) is 19.5. The van der Waals surface area contributed by atoms with Crippen LogP contribution in [0.25, 0.3) is 10.9 Å². The van der Waals surface area contributed by atoms with Gasteiger partial charge in [-0.2, -0.15) is 0 Å². The van der Waals surface area contributed by atoms with E-state index in [4.69, 9.17) is 28.2 Å². The average Bonchev–Trinajstić information content (AvgIpc) is 2.78. The van der Waals surface area contributed by atoms with Crippen molar-refractivity contribution in [3.05, 3.63) is 98.5 Å². The summed E-state index contributed by atoms with van der Waals surface area (Å²) in [6.45, 7) is 2.42. The number of benzene rings is 3. The van der Waals surface area contributed by atoms with E-state index in [0.717, 1.165) is 17.8 Å². The summed E-state index contributed by atoms with van der Waals surface area (Å²) in [5.41, 5.74) is 2.44. The lowest BCUT2D eigenvalue weighted by atomic mass is 10.1. The Kier molecular flexibility index (Phi) is 6.96. The molecular weight excluding hydrogens is 459 g/mol. The first kappa shape index (κ1) is 22.8. The van der Waals surface area contributed by atoms with Crippen molar-refractivity contribution in [2.75, 3.05) is 10.6 Å². The molecule has 6 nitrogen and oxygen atoms in total. The molecule has 0 atom stereocenters. The fourth-order valence-electron chi connectivity index (χ4n) is 3.57. The maximum Gasteiger partial charge on any atom is 0.323 e. The molecule has 3 aromatic carbocycles. The molecule has 1 heterocycles. The fourth-order valence-corrected chi connectivity index (χ4v) is 3.91. The predicted molar refractivity (Wildman–Crippen MR) is 135 cm³/mol. The van der Waals surface area contributed by atoms with Crippen molar-refractivity contribution in [2.45, 2.75) is 26.3 Å². The number of rotatable bonds is 6. The van der Waals surface area contributed by atoms with Gasteiger partial charge in [0.15, 0.2) is 0 Å². The van der Waals surface area contributed by atoms with Gasteiger partial charge in [-0.15, -0.1) is 0 Å². The number of carbonyl (C=O) groups is 1. The van der Waals surface area contributed by atoms with Gasteiger partial charge in [-0.1, -0.05) is 42.3 Å². The van der Waals surface area contributed by atoms with Gasteiger partial charge in [-0.05, 0) is 66.6 Å². The summed E-state index contributed by atoms with van der Waals surface area (Å²) in [5, 5.41) is 7.13. The molecule has 1 aromatic heterocycles. The highest BCUT2D eigenvalue weighted by atomic mass is 35.5. The number of nitrogens with one attached hydrogen (secondary N) is 2. The van der Waals surface area contributed by atoms with Crippen molar-refractivity contribution in [1.29, 1.82) is 0 Å². The zero-order valence-electron chi connectivity index (χ0n) is 17.9. The quantitative estimate of drug-likeness (QED) is 0.337. The number of hydrogen-bond acceptors (Lipinski definition) is 3. The largest absolute Gasteiger partial charge is 0.323 e. The third kappa shape index (κ3) is 5.53. The third-order valence-electron chi connectivity index (χ3n) is 5.10. The van der Waals surface area contributed by atoms with Crippen molar-refractivity contribution in [3.63, 3.8) is 0 Å². The number of aromatic nitrogens is 2. The molecule has 0 unspecified atom stereocenters. The van der Waals surface area contributed by atoms with Crippen LogP contribution in [0, 0.1) is 0 Å². The summed E-state index contributed by atoms with van der Waals surface area (Å²) in [4.78, 5) is 30.6. The van der Waals surface area contributed by atoms with E-state index >= 15 is 0 Å². The Morgan fingerprint density at radius 2 is 1.67 bits per heavy atom. The van der Waals surface area contributed by atoms with Crippen LogP contribution in [-0.2, 0) is 13.0 Å². The molecular formula is C25H22Cl2N4O2. The van der Waals surface area contributed by atoms with Gasteiger partial charge < -0.3 is 10.6 Å². The molecule has 8 heteroatoms. The monoisotopic (exact) mass is 480 g/mol. The molecule has 0 aliphatic rings. The average molecular weight is 481 g/mol. The Balaban J connectivity index is 1.65. The predicted octanol–water partition coefficient (Wildman–Crippen LogP) is 6.35. The van der Waals surface area contributed by atoms with E-state index in [1.807, 2.05) is 25.1 Å². The normalized spacial score (nSPS) is 10.9. The molecule has 0 saturated carbocycles. The van der Waals surface area contributed by atoms with Crippen molar-refractivity contribution in [1.82, 2.24) is 9.55 Å². The van der Waals surface area contributed by atoms with Gasteiger partial charge in [0, 0.05) is 27.8 Å². The minimum atomic E-state index is -0.425. The topological polar surface area (TPSA) is 76.0 Å². The van der Waals surface area contributed by atoms with Gasteiger partial charge in [0.25, 0.3) is 5.56 Å². The molecule has 0 saturated heterocycles. The summed E-state index contributed by atoms with van der Waals surface area (Å²) in [6, 6.07) is 18.9. The number of urea groups is 1. The molecule has 0 aliphatic carbocycles. The van der Waals surface area contributed by atoms with Gasteiger partial charge in [-0.3, -0.25) is 9.36 Å². The van der Waals surface area contributed by atoms with Gasteiger partial charge in [0.05, 0.1) is 17.4 Å². The number of halogens is 2. The van der Waals surface area contributed by atoms with Gasteiger partial charge in [-0.25, -0.2) is 9.78 Å². The van der Waals surface area contributed by atoms with Gasteiger partial charge in [0.1, 0.15) is 5.82 Å². The maximum absolute atomic E-state index is 13.4. The first-order valence-electron chi connectivity index (χ1n) is 10.5. The molecule has 0 radical (unpaired) electrons. The standard InChI is InChI=1S/C25H22Cl2N4O2/c1-2-4-23-30-22-12-11-20(29-25(33)28-19-9-7-17(26)8-10-19)14-21(22)24(32)31(23)15-16-5-3-6-18(27)13-16/h3,5-14H,2,4,15H2,1H3,(H2,28,29,33).